The highest BCUT2D eigenvalue weighted by Gasteiger charge is 2.28. The highest BCUT2D eigenvalue weighted by Crippen LogP contribution is 2.15. The fourth-order valence-electron chi connectivity index (χ4n) is 2.35. The average Bonchev–Trinajstić information content (AvgIpc) is 2.67. The number of nitrogens with zero attached hydrogens (tertiary/aromatic N) is 3. The molecule has 0 N–H and O–H groups in total. The Balaban J connectivity index is 1.82. The highest BCUT2D eigenvalue weighted by atomic mass is 16.1. The second kappa shape index (κ2) is 4.28. The largest absolute Gasteiger partial charge is 0.344 e. The molecule has 0 bridgehead atoms. The lowest BCUT2D eigenvalue weighted by atomic mass is 10.2. The van der Waals surface area contributed by atoms with Gasteiger partial charge in [0.05, 0.1) is 0 Å². The van der Waals surface area contributed by atoms with Gasteiger partial charge in [0, 0.05) is 45.3 Å². The molecule has 2 aliphatic heterocycles. The van der Waals surface area contributed by atoms with Gasteiger partial charge in [-0.2, -0.15) is 0 Å². The Morgan fingerprint density at radius 3 is 2.43 bits per heavy atom. The van der Waals surface area contributed by atoms with E-state index in [1.807, 2.05) is 4.90 Å². The number of hydrogen-bond acceptors (Lipinski definition) is 3. The van der Waals surface area contributed by atoms with Gasteiger partial charge >= 0.3 is 0 Å². The quantitative estimate of drug-likeness (QED) is 0.557. The number of hydrogen-bond donors (Lipinski definition) is 0. The molecule has 1 amide bonds. The summed E-state index contributed by atoms with van der Waals surface area (Å²) < 4.78 is 0. The van der Waals surface area contributed by atoms with Crippen LogP contribution in [0.5, 0.6) is 0 Å². The van der Waals surface area contributed by atoms with Crippen LogP contribution in [0, 0.1) is 0 Å². The van der Waals surface area contributed by atoms with Gasteiger partial charge in [0.2, 0.25) is 6.41 Å². The normalized spacial score (nSPS) is 30.9. The van der Waals surface area contributed by atoms with Crippen molar-refractivity contribution in [2.75, 3.05) is 46.3 Å². The van der Waals surface area contributed by atoms with Crippen LogP contribution in [0.1, 0.15) is 6.42 Å². The van der Waals surface area contributed by atoms with Crippen molar-refractivity contribution in [3.8, 4) is 0 Å². The molecule has 1 atom stereocenters. The maximum atomic E-state index is 10.6. The number of amides is 1. The Morgan fingerprint density at radius 1 is 1.14 bits per heavy atom. The maximum absolute atomic E-state index is 10.6. The standard InChI is InChI=1S/C10H19N3O/c1-11-4-6-13(7-5-11)10-2-3-12(8-10)9-14/h9-10H,2-8H2,1H3. The van der Waals surface area contributed by atoms with Crippen molar-refractivity contribution in [3.05, 3.63) is 0 Å². The Labute approximate surface area is 85.5 Å². The van der Waals surface area contributed by atoms with Gasteiger partial charge in [-0.3, -0.25) is 9.69 Å². The molecule has 2 heterocycles. The summed E-state index contributed by atoms with van der Waals surface area (Å²) in [6, 6.07) is 0.619. The summed E-state index contributed by atoms with van der Waals surface area (Å²) in [6.45, 7) is 6.53. The SMILES string of the molecule is CN1CCN(C2CCN(C=O)C2)CC1. The van der Waals surface area contributed by atoms with Crippen molar-refractivity contribution in [2.24, 2.45) is 0 Å². The summed E-state index contributed by atoms with van der Waals surface area (Å²) in [7, 11) is 2.17. The van der Waals surface area contributed by atoms with E-state index < -0.39 is 0 Å². The zero-order valence-electron chi connectivity index (χ0n) is 8.85. The van der Waals surface area contributed by atoms with E-state index in [0.717, 1.165) is 52.1 Å². The number of carbonyl (C=O) groups is 1. The van der Waals surface area contributed by atoms with Gasteiger partial charge in [-0.1, -0.05) is 0 Å². The molecule has 0 aromatic carbocycles. The molecule has 0 spiro atoms. The Kier molecular flexibility index (Phi) is 3.03. The van der Waals surface area contributed by atoms with Crippen molar-refractivity contribution in [1.82, 2.24) is 14.7 Å². The Bertz CT molecular complexity index is 202. The van der Waals surface area contributed by atoms with Crippen molar-refractivity contribution in [3.63, 3.8) is 0 Å². The predicted molar refractivity (Wildman–Crippen MR) is 55.1 cm³/mol. The van der Waals surface area contributed by atoms with Gasteiger partial charge in [0.1, 0.15) is 0 Å². The first-order valence-electron chi connectivity index (χ1n) is 5.41. The molecule has 80 valence electrons. The van der Waals surface area contributed by atoms with Crippen molar-refractivity contribution in [2.45, 2.75) is 12.5 Å². The van der Waals surface area contributed by atoms with Crippen LogP contribution < -0.4 is 0 Å². The van der Waals surface area contributed by atoms with Crippen LogP contribution in [0.3, 0.4) is 0 Å². The third kappa shape index (κ3) is 2.07. The van der Waals surface area contributed by atoms with Crippen LogP contribution in [0.25, 0.3) is 0 Å². The minimum absolute atomic E-state index is 0.619. The van der Waals surface area contributed by atoms with Crippen LogP contribution in [0.15, 0.2) is 0 Å². The van der Waals surface area contributed by atoms with E-state index in [4.69, 9.17) is 0 Å². The molecular formula is C10H19N3O. The number of likely N-dealkylation sites (N-methyl/N-ethyl adjacent to an activating group) is 1. The first-order chi connectivity index (χ1) is 6.79. The number of rotatable bonds is 2. The van der Waals surface area contributed by atoms with Gasteiger partial charge in [-0.05, 0) is 13.5 Å². The van der Waals surface area contributed by atoms with Gasteiger partial charge in [-0.15, -0.1) is 0 Å². The zero-order valence-corrected chi connectivity index (χ0v) is 8.85. The third-order valence-corrected chi connectivity index (χ3v) is 3.40. The summed E-state index contributed by atoms with van der Waals surface area (Å²) in [5.74, 6) is 0. The van der Waals surface area contributed by atoms with Crippen molar-refractivity contribution < 1.29 is 4.79 Å². The summed E-state index contributed by atoms with van der Waals surface area (Å²) in [4.78, 5) is 17.4. The molecular weight excluding hydrogens is 178 g/mol. The van der Waals surface area contributed by atoms with E-state index in [9.17, 15) is 4.79 Å². The topological polar surface area (TPSA) is 26.8 Å². The molecule has 0 aromatic heterocycles. The monoisotopic (exact) mass is 197 g/mol. The molecule has 0 aromatic rings. The molecule has 4 nitrogen and oxygen atoms in total. The molecule has 14 heavy (non-hydrogen) atoms. The third-order valence-electron chi connectivity index (χ3n) is 3.40. The minimum atomic E-state index is 0.619. The van der Waals surface area contributed by atoms with E-state index in [-0.39, 0.29) is 0 Å². The number of carbonyl (C=O) groups excluding carboxylic acids is 1. The van der Waals surface area contributed by atoms with Gasteiger partial charge in [0.25, 0.3) is 0 Å². The second-order valence-electron chi connectivity index (χ2n) is 4.38. The molecule has 0 radical (unpaired) electrons. The van der Waals surface area contributed by atoms with E-state index in [2.05, 4.69) is 16.8 Å². The first-order valence-corrected chi connectivity index (χ1v) is 5.41. The molecule has 1 unspecified atom stereocenters. The minimum Gasteiger partial charge on any atom is -0.344 e. The lowest BCUT2D eigenvalue weighted by molar-refractivity contribution is -0.117. The summed E-state index contributed by atoms with van der Waals surface area (Å²) in [5, 5.41) is 0. The Hall–Kier alpha value is -0.610. The average molecular weight is 197 g/mol. The molecule has 2 fully saturated rings. The maximum Gasteiger partial charge on any atom is 0.209 e. The number of piperazine rings is 1. The van der Waals surface area contributed by atoms with Crippen LogP contribution in [-0.4, -0.2) is 73.5 Å². The van der Waals surface area contributed by atoms with Gasteiger partial charge < -0.3 is 9.80 Å². The predicted octanol–water partition coefficient (Wildman–Crippen LogP) is -0.535. The highest BCUT2D eigenvalue weighted by molar-refractivity contribution is 5.47. The van der Waals surface area contributed by atoms with Crippen molar-refractivity contribution >= 4 is 6.41 Å². The number of likely N-dealkylation sites (tertiary alicyclic amines) is 1. The van der Waals surface area contributed by atoms with Crippen molar-refractivity contribution in [1.29, 1.82) is 0 Å². The summed E-state index contributed by atoms with van der Waals surface area (Å²) >= 11 is 0. The zero-order chi connectivity index (χ0) is 9.97. The van der Waals surface area contributed by atoms with E-state index in [0.29, 0.717) is 6.04 Å². The summed E-state index contributed by atoms with van der Waals surface area (Å²) in [6.07, 6.45) is 2.14. The van der Waals surface area contributed by atoms with E-state index in [1.165, 1.54) is 0 Å². The fraction of sp³-hybridized carbons (Fsp3) is 0.900. The second-order valence-corrected chi connectivity index (χ2v) is 4.38. The summed E-state index contributed by atoms with van der Waals surface area (Å²) in [5.41, 5.74) is 0. The van der Waals surface area contributed by atoms with Gasteiger partial charge in [-0.25, -0.2) is 0 Å². The van der Waals surface area contributed by atoms with Crippen LogP contribution >= 0.6 is 0 Å². The lowest BCUT2D eigenvalue weighted by Crippen LogP contribution is -2.49. The van der Waals surface area contributed by atoms with Gasteiger partial charge in [0.15, 0.2) is 0 Å². The molecule has 2 aliphatic rings. The van der Waals surface area contributed by atoms with E-state index >= 15 is 0 Å². The molecule has 4 heteroatoms. The molecule has 2 saturated heterocycles. The molecule has 0 aliphatic carbocycles. The molecule has 2 rings (SSSR count). The lowest BCUT2D eigenvalue weighted by Gasteiger charge is -2.36. The van der Waals surface area contributed by atoms with Crippen LogP contribution in [-0.2, 0) is 4.79 Å². The van der Waals surface area contributed by atoms with Crippen LogP contribution in [0.4, 0.5) is 0 Å². The fourth-order valence-corrected chi connectivity index (χ4v) is 2.35. The smallest absolute Gasteiger partial charge is 0.209 e. The van der Waals surface area contributed by atoms with Crippen LogP contribution in [0.2, 0.25) is 0 Å². The molecule has 0 saturated carbocycles. The Morgan fingerprint density at radius 2 is 1.86 bits per heavy atom. The van der Waals surface area contributed by atoms with E-state index in [1.54, 1.807) is 0 Å². The first kappa shape index (κ1) is 9.93.